The molecule has 0 atom stereocenters. The van der Waals surface area contributed by atoms with Gasteiger partial charge in [-0.15, -0.1) is 16.8 Å². The Labute approximate surface area is 197 Å². The van der Waals surface area contributed by atoms with Crippen molar-refractivity contribution in [1.29, 1.82) is 0 Å². The molecule has 0 saturated heterocycles. The first-order valence-corrected chi connectivity index (χ1v) is 11.4. The maximum atomic E-state index is 4.67. The second kappa shape index (κ2) is 13.2. The van der Waals surface area contributed by atoms with Crippen LogP contribution in [0.2, 0.25) is 0 Å². The SMILES string of the molecule is C=CCNC(=NCc1nnc(C)n1C)NCCCN(Cc1ccccc1)Cc1ccccc1. The third-order valence-electron chi connectivity index (χ3n) is 5.42. The molecule has 1 aromatic heterocycles. The van der Waals surface area contributed by atoms with Crippen molar-refractivity contribution in [2.45, 2.75) is 33.0 Å². The van der Waals surface area contributed by atoms with Gasteiger partial charge in [-0.3, -0.25) is 4.90 Å². The molecule has 0 radical (unpaired) electrons. The van der Waals surface area contributed by atoms with E-state index in [1.54, 1.807) is 0 Å². The van der Waals surface area contributed by atoms with Crippen LogP contribution in [-0.2, 0) is 26.7 Å². The van der Waals surface area contributed by atoms with Gasteiger partial charge in [0.2, 0.25) is 0 Å². The molecule has 0 saturated carbocycles. The molecule has 7 nitrogen and oxygen atoms in total. The Balaban J connectivity index is 1.55. The van der Waals surface area contributed by atoms with Crippen LogP contribution in [0.25, 0.3) is 0 Å². The molecule has 2 N–H and O–H groups in total. The highest BCUT2D eigenvalue weighted by atomic mass is 15.3. The van der Waals surface area contributed by atoms with Crippen LogP contribution in [0.3, 0.4) is 0 Å². The molecule has 0 fully saturated rings. The van der Waals surface area contributed by atoms with E-state index in [2.05, 4.69) is 98.0 Å². The van der Waals surface area contributed by atoms with Crippen molar-refractivity contribution >= 4 is 5.96 Å². The Hall–Kier alpha value is -3.45. The number of aromatic nitrogens is 3. The highest BCUT2D eigenvalue weighted by molar-refractivity contribution is 5.79. The number of hydrogen-bond acceptors (Lipinski definition) is 4. The predicted molar refractivity (Wildman–Crippen MR) is 135 cm³/mol. The summed E-state index contributed by atoms with van der Waals surface area (Å²) in [5.74, 6) is 2.48. The Morgan fingerprint density at radius 2 is 1.64 bits per heavy atom. The average molecular weight is 446 g/mol. The number of rotatable bonds is 12. The minimum Gasteiger partial charge on any atom is -0.356 e. The van der Waals surface area contributed by atoms with E-state index in [4.69, 9.17) is 0 Å². The number of aliphatic imine (C=N–C) groups is 1. The highest BCUT2D eigenvalue weighted by Gasteiger charge is 2.08. The van der Waals surface area contributed by atoms with Crippen molar-refractivity contribution in [2.24, 2.45) is 12.0 Å². The van der Waals surface area contributed by atoms with Gasteiger partial charge in [-0.25, -0.2) is 4.99 Å². The molecule has 174 valence electrons. The van der Waals surface area contributed by atoms with E-state index < -0.39 is 0 Å². The summed E-state index contributed by atoms with van der Waals surface area (Å²) in [5, 5.41) is 15.0. The van der Waals surface area contributed by atoms with Gasteiger partial charge in [0.05, 0.1) is 0 Å². The molecule has 2 aromatic carbocycles. The Kier molecular flexibility index (Phi) is 9.66. The van der Waals surface area contributed by atoms with E-state index in [1.165, 1.54) is 11.1 Å². The van der Waals surface area contributed by atoms with E-state index in [0.717, 1.165) is 50.2 Å². The van der Waals surface area contributed by atoms with Gasteiger partial charge in [0.1, 0.15) is 12.4 Å². The van der Waals surface area contributed by atoms with Crippen molar-refractivity contribution < 1.29 is 0 Å². The number of aryl methyl sites for hydroxylation is 1. The van der Waals surface area contributed by atoms with E-state index in [-0.39, 0.29) is 0 Å². The van der Waals surface area contributed by atoms with Gasteiger partial charge in [-0.2, -0.15) is 0 Å². The molecule has 0 aliphatic heterocycles. The third-order valence-corrected chi connectivity index (χ3v) is 5.42. The fraction of sp³-hybridized carbons (Fsp3) is 0.346. The van der Waals surface area contributed by atoms with Gasteiger partial charge in [-0.05, 0) is 24.5 Å². The van der Waals surface area contributed by atoms with Gasteiger partial charge in [0, 0.05) is 39.8 Å². The van der Waals surface area contributed by atoms with Crippen molar-refractivity contribution in [3.05, 3.63) is 96.1 Å². The molecule has 3 rings (SSSR count). The summed E-state index contributed by atoms with van der Waals surface area (Å²) in [6.07, 6.45) is 2.82. The minimum atomic E-state index is 0.470. The topological polar surface area (TPSA) is 70.4 Å². The molecular formula is C26H35N7. The molecular weight excluding hydrogens is 410 g/mol. The lowest BCUT2D eigenvalue weighted by Crippen LogP contribution is -2.39. The molecule has 0 spiro atoms. The summed E-state index contributed by atoms with van der Waals surface area (Å²) in [4.78, 5) is 7.16. The Morgan fingerprint density at radius 1 is 1.00 bits per heavy atom. The zero-order valence-corrected chi connectivity index (χ0v) is 19.7. The number of nitrogens with zero attached hydrogens (tertiary/aromatic N) is 5. The Bertz CT molecular complexity index is 954. The van der Waals surface area contributed by atoms with Gasteiger partial charge in [0.25, 0.3) is 0 Å². The second-order valence-electron chi connectivity index (χ2n) is 8.02. The number of nitrogens with one attached hydrogen (secondary N) is 2. The molecule has 0 bridgehead atoms. The van der Waals surface area contributed by atoms with Gasteiger partial charge in [0.15, 0.2) is 11.8 Å². The molecule has 1 heterocycles. The van der Waals surface area contributed by atoms with Gasteiger partial charge in [-0.1, -0.05) is 66.7 Å². The summed E-state index contributed by atoms with van der Waals surface area (Å²) in [6, 6.07) is 21.3. The molecule has 0 unspecified atom stereocenters. The van der Waals surface area contributed by atoms with Crippen LogP contribution in [0.1, 0.15) is 29.2 Å². The molecule has 3 aromatic rings. The maximum absolute atomic E-state index is 4.67. The first kappa shape index (κ1) is 24.2. The first-order chi connectivity index (χ1) is 16.2. The van der Waals surface area contributed by atoms with Crippen molar-refractivity contribution in [2.75, 3.05) is 19.6 Å². The van der Waals surface area contributed by atoms with E-state index >= 15 is 0 Å². The molecule has 0 amide bonds. The zero-order valence-electron chi connectivity index (χ0n) is 19.7. The second-order valence-corrected chi connectivity index (χ2v) is 8.02. The predicted octanol–water partition coefficient (Wildman–Crippen LogP) is 3.44. The normalized spacial score (nSPS) is 11.5. The third kappa shape index (κ3) is 8.20. The van der Waals surface area contributed by atoms with Crippen LogP contribution in [-0.4, -0.2) is 45.3 Å². The maximum Gasteiger partial charge on any atom is 0.191 e. The van der Waals surface area contributed by atoms with Crippen LogP contribution < -0.4 is 10.6 Å². The molecule has 7 heteroatoms. The highest BCUT2D eigenvalue weighted by Crippen LogP contribution is 2.10. The molecule has 0 aliphatic carbocycles. The number of guanidine groups is 1. The van der Waals surface area contributed by atoms with Crippen LogP contribution in [0.5, 0.6) is 0 Å². The summed E-state index contributed by atoms with van der Waals surface area (Å²) >= 11 is 0. The minimum absolute atomic E-state index is 0.470. The summed E-state index contributed by atoms with van der Waals surface area (Å²) in [7, 11) is 1.96. The molecule has 0 aliphatic rings. The van der Waals surface area contributed by atoms with E-state index in [1.807, 2.05) is 24.6 Å². The van der Waals surface area contributed by atoms with Crippen molar-refractivity contribution in [1.82, 2.24) is 30.3 Å². The van der Waals surface area contributed by atoms with Gasteiger partial charge < -0.3 is 15.2 Å². The lowest BCUT2D eigenvalue weighted by atomic mass is 10.1. The fourth-order valence-electron chi connectivity index (χ4n) is 3.49. The zero-order chi connectivity index (χ0) is 23.3. The van der Waals surface area contributed by atoms with Crippen molar-refractivity contribution in [3.8, 4) is 0 Å². The van der Waals surface area contributed by atoms with Crippen LogP contribution in [0, 0.1) is 6.92 Å². The number of hydrogen-bond donors (Lipinski definition) is 2. The average Bonchev–Trinajstić information content (AvgIpc) is 3.16. The van der Waals surface area contributed by atoms with Crippen molar-refractivity contribution in [3.63, 3.8) is 0 Å². The van der Waals surface area contributed by atoms with Crippen LogP contribution >= 0.6 is 0 Å². The lowest BCUT2D eigenvalue weighted by molar-refractivity contribution is 0.254. The number of benzene rings is 2. The standard InChI is InChI=1S/C26H35N7/c1-4-16-27-26(29-19-25-31-30-22(2)32(25)3)28-17-11-18-33(20-23-12-7-5-8-13-23)21-24-14-9-6-10-15-24/h4-10,12-15H,1,11,16-21H2,2-3H3,(H2,27,28,29). The molecule has 33 heavy (non-hydrogen) atoms. The van der Waals surface area contributed by atoms with E-state index in [0.29, 0.717) is 13.1 Å². The summed E-state index contributed by atoms with van der Waals surface area (Å²) in [6.45, 7) is 10.5. The first-order valence-electron chi connectivity index (χ1n) is 11.4. The summed E-state index contributed by atoms with van der Waals surface area (Å²) in [5.41, 5.74) is 2.66. The quantitative estimate of drug-likeness (QED) is 0.193. The largest absolute Gasteiger partial charge is 0.356 e. The fourth-order valence-corrected chi connectivity index (χ4v) is 3.49. The Morgan fingerprint density at radius 3 is 2.18 bits per heavy atom. The van der Waals surface area contributed by atoms with E-state index in [9.17, 15) is 0 Å². The smallest absolute Gasteiger partial charge is 0.191 e. The lowest BCUT2D eigenvalue weighted by Gasteiger charge is -2.23. The van der Waals surface area contributed by atoms with Crippen LogP contribution in [0.4, 0.5) is 0 Å². The van der Waals surface area contributed by atoms with Crippen LogP contribution in [0.15, 0.2) is 78.3 Å². The monoisotopic (exact) mass is 445 g/mol. The van der Waals surface area contributed by atoms with Gasteiger partial charge >= 0.3 is 0 Å². The summed E-state index contributed by atoms with van der Waals surface area (Å²) < 4.78 is 1.96.